The van der Waals surface area contributed by atoms with Crippen LogP contribution in [0.3, 0.4) is 0 Å². The molecule has 1 heterocycles. The normalized spacial score (nSPS) is 21.5. The van der Waals surface area contributed by atoms with Crippen molar-refractivity contribution in [2.45, 2.75) is 18.5 Å². The van der Waals surface area contributed by atoms with Crippen LogP contribution >= 0.6 is 27.7 Å². The summed E-state index contributed by atoms with van der Waals surface area (Å²) in [7, 11) is 2.11. The first kappa shape index (κ1) is 14.3. The van der Waals surface area contributed by atoms with E-state index in [-0.39, 0.29) is 11.9 Å². The molecule has 2 unspecified atom stereocenters. The first-order chi connectivity index (χ1) is 8.63. The molecule has 0 bridgehead atoms. The molecule has 0 radical (unpaired) electrons. The Kier molecular flexibility index (Phi) is 5.06. The van der Waals surface area contributed by atoms with Crippen LogP contribution in [0.15, 0.2) is 22.7 Å². The highest BCUT2D eigenvalue weighted by Gasteiger charge is 2.27. The predicted molar refractivity (Wildman–Crippen MR) is 79.4 cm³/mol. The van der Waals surface area contributed by atoms with Gasteiger partial charge in [-0.25, -0.2) is 4.39 Å². The van der Waals surface area contributed by atoms with Crippen molar-refractivity contribution in [2.75, 3.05) is 25.1 Å². The SMILES string of the molecule is CN(C1CCSC1)C(CN)c1ccc(F)cc1Br. The smallest absolute Gasteiger partial charge is 0.124 e. The number of rotatable bonds is 4. The molecular weight excluding hydrogens is 315 g/mol. The fourth-order valence-corrected chi connectivity index (χ4v) is 4.28. The van der Waals surface area contributed by atoms with Crippen molar-refractivity contribution in [1.82, 2.24) is 4.90 Å². The zero-order valence-electron chi connectivity index (χ0n) is 10.4. The number of halogens is 2. The number of thioether (sulfide) groups is 1. The fraction of sp³-hybridized carbons (Fsp3) is 0.538. The van der Waals surface area contributed by atoms with Gasteiger partial charge in [-0.3, -0.25) is 4.90 Å². The van der Waals surface area contributed by atoms with Crippen LogP contribution in [0, 0.1) is 5.82 Å². The van der Waals surface area contributed by atoms with Crippen LogP contribution < -0.4 is 5.73 Å². The van der Waals surface area contributed by atoms with Gasteiger partial charge in [0, 0.05) is 28.9 Å². The second-order valence-electron chi connectivity index (χ2n) is 4.60. The molecule has 1 fully saturated rings. The van der Waals surface area contributed by atoms with Crippen molar-refractivity contribution < 1.29 is 4.39 Å². The van der Waals surface area contributed by atoms with Crippen molar-refractivity contribution in [1.29, 1.82) is 0 Å². The lowest BCUT2D eigenvalue weighted by Crippen LogP contribution is -2.38. The molecule has 5 heteroatoms. The Balaban J connectivity index is 2.21. The van der Waals surface area contributed by atoms with E-state index in [4.69, 9.17) is 5.73 Å². The molecule has 2 N–H and O–H groups in total. The average Bonchev–Trinajstić information content (AvgIpc) is 2.86. The molecule has 2 rings (SSSR count). The number of nitrogens with two attached hydrogens (primary N) is 1. The summed E-state index contributed by atoms with van der Waals surface area (Å²) in [6.45, 7) is 0.544. The Morgan fingerprint density at radius 3 is 2.94 bits per heavy atom. The van der Waals surface area contributed by atoms with E-state index in [1.165, 1.54) is 24.3 Å². The van der Waals surface area contributed by atoms with Gasteiger partial charge >= 0.3 is 0 Å². The molecule has 0 saturated carbocycles. The molecular formula is C13H18BrFN2S. The Morgan fingerprint density at radius 2 is 2.39 bits per heavy atom. The molecule has 1 aliphatic rings. The largest absolute Gasteiger partial charge is 0.329 e. The quantitative estimate of drug-likeness (QED) is 0.918. The summed E-state index contributed by atoms with van der Waals surface area (Å²) in [4.78, 5) is 2.33. The standard InChI is InChI=1S/C13H18BrFN2S/c1-17(10-4-5-18-8-10)13(7-16)11-3-2-9(15)6-12(11)14/h2-3,6,10,13H,4-5,7-8,16H2,1H3. The summed E-state index contributed by atoms with van der Waals surface area (Å²) in [5.41, 5.74) is 6.99. The Bertz CT molecular complexity index is 410. The van der Waals surface area contributed by atoms with Crippen molar-refractivity contribution >= 4 is 27.7 Å². The highest BCUT2D eigenvalue weighted by Crippen LogP contribution is 2.32. The Hall–Kier alpha value is -0.100. The van der Waals surface area contributed by atoms with Gasteiger partial charge in [0.25, 0.3) is 0 Å². The lowest BCUT2D eigenvalue weighted by Gasteiger charge is -2.32. The molecule has 100 valence electrons. The zero-order valence-corrected chi connectivity index (χ0v) is 12.8. The zero-order chi connectivity index (χ0) is 13.1. The van der Waals surface area contributed by atoms with E-state index in [1.807, 2.05) is 17.8 Å². The van der Waals surface area contributed by atoms with Gasteiger partial charge in [0.1, 0.15) is 5.82 Å². The molecule has 18 heavy (non-hydrogen) atoms. The predicted octanol–water partition coefficient (Wildman–Crippen LogP) is 3.03. The summed E-state index contributed by atoms with van der Waals surface area (Å²) < 4.78 is 13.9. The minimum absolute atomic E-state index is 0.142. The fourth-order valence-electron chi connectivity index (χ4n) is 2.38. The molecule has 1 aromatic carbocycles. The summed E-state index contributed by atoms with van der Waals surface area (Å²) in [6.07, 6.45) is 1.20. The second-order valence-corrected chi connectivity index (χ2v) is 6.60. The Labute approximate surface area is 120 Å². The van der Waals surface area contributed by atoms with Gasteiger partial charge in [0.2, 0.25) is 0 Å². The third-order valence-corrected chi connectivity index (χ3v) is 5.35. The summed E-state index contributed by atoms with van der Waals surface area (Å²) in [5.74, 6) is 2.16. The molecule has 0 aliphatic carbocycles. The van der Waals surface area contributed by atoms with Crippen molar-refractivity contribution in [2.24, 2.45) is 5.73 Å². The van der Waals surface area contributed by atoms with Gasteiger partial charge in [0.05, 0.1) is 0 Å². The molecule has 1 aliphatic heterocycles. The average molecular weight is 333 g/mol. The third kappa shape index (κ3) is 3.07. The van der Waals surface area contributed by atoms with E-state index >= 15 is 0 Å². The lowest BCUT2D eigenvalue weighted by molar-refractivity contribution is 0.192. The maximum atomic E-state index is 13.1. The minimum atomic E-state index is -0.222. The molecule has 0 amide bonds. The number of likely N-dealkylation sites (N-methyl/N-ethyl adjacent to an activating group) is 1. The molecule has 1 saturated heterocycles. The number of hydrogen-bond acceptors (Lipinski definition) is 3. The minimum Gasteiger partial charge on any atom is -0.329 e. The van der Waals surface area contributed by atoms with E-state index in [1.54, 1.807) is 0 Å². The molecule has 1 aromatic rings. The number of nitrogens with zero attached hydrogens (tertiary/aromatic N) is 1. The molecule has 0 spiro atoms. The van der Waals surface area contributed by atoms with Crippen molar-refractivity contribution in [3.63, 3.8) is 0 Å². The first-order valence-electron chi connectivity index (χ1n) is 6.08. The first-order valence-corrected chi connectivity index (χ1v) is 8.03. The van der Waals surface area contributed by atoms with E-state index in [9.17, 15) is 4.39 Å². The lowest BCUT2D eigenvalue weighted by atomic mass is 10.0. The van der Waals surface area contributed by atoms with Crippen LogP contribution in [-0.4, -0.2) is 36.0 Å². The van der Waals surface area contributed by atoms with Gasteiger partial charge in [-0.2, -0.15) is 11.8 Å². The van der Waals surface area contributed by atoms with E-state index in [0.717, 1.165) is 15.8 Å². The van der Waals surface area contributed by atoms with Crippen LogP contribution in [0.4, 0.5) is 4.39 Å². The van der Waals surface area contributed by atoms with Gasteiger partial charge in [-0.1, -0.05) is 22.0 Å². The van der Waals surface area contributed by atoms with Crippen molar-refractivity contribution in [3.05, 3.63) is 34.1 Å². The van der Waals surface area contributed by atoms with Crippen LogP contribution in [-0.2, 0) is 0 Å². The van der Waals surface area contributed by atoms with E-state index in [2.05, 4.69) is 27.9 Å². The van der Waals surface area contributed by atoms with Gasteiger partial charge < -0.3 is 5.73 Å². The van der Waals surface area contributed by atoms with E-state index in [0.29, 0.717) is 12.6 Å². The topological polar surface area (TPSA) is 29.3 Å². The monoisotopic (exact) mass is 332 g/mol. The maximum Gasteiger partial charge on any atom is 0.124 e. The van der Waals surface area contributed by atoms with Crippen LogP contribution in [0.5, 0.6) is 0 Å². The van der Waals surface area contributed by atoms with Crippen LogP contribution in [0.1, 0.15) is 18.0 Å². The Morgan fingerprint density at radius 1 is 1.61 bits per heavy atom. The molecule has 2 atom stereocenters. The van der Waals surface area contributed by atoms with Crippen LogP contribution in [0.2, 0.25) is 0 Å². The number of hydrogen-bond donors (Lipinski definition) is 1. The third-order valence-electron chi connectivity index (χ3n) is 3.52. The van der Waals surface area contributed by atoms with E-state index < -0.39 is 0 Å². The summed E-state index contributed by atoms with van der Waals surface area (Å²) in [6, 6.07) is 5.55. The number of benzene rings is 1. The highest BCUT2D eigenvalue weighted by atomic mass is 79.9. The van der Waals surface area contributed by atoms with Gasteiger partial charge in [-0.15, -0.1) is 0 Å². The van der Waals surface area contributed by atoms with Crippen LogP contribution in [0.25, 0.3) is 0 Å². The molecule has 2 nitrogen and oxygen atoms in total. The van der Waals surface area contributed by atoms with Gasteiger partial charge in [0.15, 0.2) is 0 Å². The maximum absolute atomic E-state index is 13.1. The highest BCUT2D eigenvalue weighted by molar-refractivity contribution is 9.10. The summed E-state index contributed by atoms with van der Waals surface area (Å²) in [5, 5.41) is 0. The molecule has 0 aromatic heterocycles. The summed E-state index contributed by atoms with van der Waals surface area (Å²) >= 11 is 5.42. The van der Waals surface area contributed by atoms with Gasteiger partial charge in [-0.05, 0) is 36.9 Å². The second kappa shape index (κ2) is 6.37. The van der Waals surface area contributed by atoms with Crippen molar-refractivity contribution in [3.8, 4) is 0 Å².